The maximum Gasteiger partial charge on any atom is 0.416 e. The first-order valence-corrected chi connectivity index (χ1v) is 7.08. The monoisotopic (exact) mass is 373 g/mol. The number of nitrogens with zero attached hydrogens (tertiary/aromatic N) is 5. The molecule has 0 N–H and O–H groups in total. The summed E-state index contributed by atoms with van der Waals surface area (Å²) >= 11 is 0. The Kier molecular flexibility index (Phi) is 4.38. The molecule has 26 heavy (non-hydrogen) atoms. The van der Waals surface area contributed by atoms with Gasteiger partial charge in [-0.1, -0.05) is 5.21 Å². The van der Waals surface area contributed by atoms with Crippen LogP contribution in [0.3, 0.4) is 0 Å². The zero-order chi connectivity index (χ0) is 18.9. The lowest BCUT2D eigenvalue weighted by Gasteiger charge is -2.14. The Hall–Kier alpha value is -2.98. The third-order valence-electron chi connectivity index (χ3n) is 3.42. The molecule has 136 valence electrons. The van der Waals surface area contributed by atoms with E-state index < -0.39 is 23.5 Å². The lowest BCUT2D eigenvalue weighted by atomic mass is 10.0. The first-order chi connectivity index (χ1) is 12.1. The second-order valence-electron chi connectivity index (χ2n) is 5.28. The van der Waals surface area contributed by atoms with Gasteiger partial charge in [-0.25, -0.2) is 4.68 Å². The van der Waals surface area contributed by atoms with Crippen molar-refractivity contribution in [3.8, 4) is 11.4 Å². The fraction of sp³-hybridized carbons (Fsp3) is 0.200. The molecule has 0 bridgehead atoms. The van der Waals surface area contributed by atoms with Gasteiger partial charge < -0.3 is 0 Å². The highest BCUT2D eigenvalue weighted by Crippen LogP contribution is 2.36. The molecule has 0 saturated heterocycles. The third kappa shape index (κ3) is 3.81. The van der Waals surface area contributed by atoms with Crippen LogP contribution in [0.1, 0.15) is 16.7 Å². The van der Waals surface area contributed by atoms with Gasteiger partial charge in [-0.15, -0.1) is 5.10 Å². The van der Waals surface area contributed by atoms with Crippen molar-refractivity contribution < 1.29 is 26.3 Å². The van der Waals surface area contributed by atoms with Crippen LogP contribution in [0, 0.1) is 0 Å². The number of alkyl halides is 6. The molecule has 0 aliphatic rings. The Bertz CT molecular complexity index is 869. The first-order valence-electron chi connectivity index (χ1n) is 7.08. The van der Waals surface area contributed by atoms with Crippen LogP contribution in [0.2, 0.25) is 0 Å². The number of benzene rings is 1. The minimum absolute atomic E-state index is 0.0778. The van der Waals surface area contributed by atoms with Crippen LogP contribution in [-0.4, -0.2) is 25.0 Å². The number of halogens is 6. The van der Waals surface area contributed by atoms with E-state index in [1.165, 1.54) is 24.8 Å². The van der Waals surface area contributed by atoms with Gasteiger partial charge in [-0.05, 0) is 23.8 Å². The molecule has 0 aliphatic carbocycles. The van der Waals surface area contributed by atoms with E-state index in [1.807, 2.05) is 0 Å². The lowest BCUT2D eigenvalue weighted by molar-refractivity contribution is -0.143. The SMILES string of the molecule is FC(F)(F)c1cc(Cn2nncc2-c2cnccn2)cc(C(F)(F)F)c1. The molecule has 0 saturated carbocycles. The zero-order valence-corrected chi connectivity index (χ0v) is 12.8. The van der Waals surface area contributed by atoms with Crippen molar-refractivity contribution in [1.29, 1.82) is 0 Å². The Morgan fingerprint density at radius 3 is 2.04 bits per heavy atom. The Morgan fingerprint density at radius 1 is 0.846 bits per heavy atom. The predicted octanol–water partition coefficient (Wildman–Crippen LogP) is 3.82. The van der Waals surface area contributed by atoms with E-state index in [0.717, 1.165) is 4.68 Å². The average molecular weight is 373 g/mol. The van der Waals surface area contributed by atoms with Gasteiger partial charge in [0.2, 0.25) is 0 Å². The normalized spacial score (nSPS) is 12.4. The zero-order valence-electron chi connectivity index (χ0n) is 12.8. The maximum absolute atomic E-state index is 12.9. The van der Waals surface area contributed by atoms with Crippen LogP contribution < -0.4 is 0 Å². The lowest BCUT2D eigenvalue weighted by Crippen LogP contribution is -2.13. The Morgan fingerprint density at radius 2 is 1.50 bits per heavy atom. The summed E-state index contributed by atoms with van der Waals surface area (Å²) in [5.41, 5.74) is -2.35. The summed E-state index contributed by atoms with van der Waals surface area (Å²) in [6, 6.07) is 1.38. The van der Waals surface area contributed by atoms with Crippen LogP contribution in [-0.2, 0) is 18.9 Å². The second-order valence-corrected chi connectivity index (χ2v) is 5.28. The largest absolute Gasteiger partial charge is 0.416 e. The van der Waals surface area contributed by atoms with Gasteiger partial charge in [-0.3, -0.25) is 9.97 Å². The molecule has 5 nitrogen and oxygen atoms in total. The summed E-state index contributed by atoms with van der Waals surface area (Å²) in [6.07, 6.45) is -4.35. The quantitative estimate of drug-likeness (QED) is 0.655. The third-order valence-corrected chi connectivity index (χ3v) is 3.42. The molecule has 0 fully saturated rings. The van der Waals surface area contributed by atoms with Gasteiger partial charge >= 0.3 is 12.4 Å². The van der Waals surface area contributed by atoms with E-state index in [-0.39, 0.29) is 18.2 Å². The van der Waals surface area contributed by atoms with Gasteiger partial charge in [0, 0.05) is 12.4 Å². The smallest absolute Gasteiger partial charge is 0.261 e. The topological polar surface area (TPSA) is 56.5 Å². The molecule has 3 rings (SSSR count). The van der Waals surface area contributed by atoms with Gasteiger partial charge in [-0.2, -0.15) is 26.3 Å². The molecule has 0 atom stereocenters. The van der Waals surface area contributed by atoms with Crippen molar-refractivity contribution in [2.24, 2.45) is 0 Å². The minimum Gasteiger partial charge on any atom is -0.261 e. The van der Waals surface area contributed by atoms with E-state index in [4.69, 9.17) is 0 Å². The molecular weight excluding hydrogens is 364 g/mol. The molecule has 0 aliphatic heterocycles. The van der Waals surface area contributed by atoms with Crippen molar-refractivity contribution in [3.63, 3.8) is 0 Å². The number of aromatic nitrogens is 5. The van der Waals surface area contributed by atoms with Crippen molar-refractivity contribution in [3.05, 3.63) is 59.7 Å². The van der Waals surface area contributed by atoms with Crippen molar-refractivity contribution in [2.75, 3.05) is 0 Å². The van der Waals surface area contributed by atoms with Crippen LogP contribution in [0.15, 0.2) is 43.0 Å². The molecule has 0 radical (unpaired) electrons. The maximum atomic E-state index is 12.9. The number of hydrogen-bond donors (Lipinski definition) is 0. The predicted molar refractivity (Wildman–Crippen MR) is 76.6 cm³/mol. The summed E-state index contributed by atoms with van der Waals surface area (Å²) in [5, 5.41) is 7.35. The van der Waals surface area contributed by atoms with Crippen LogP contribution in [0.5, 0.6) is 0 Å². The molecule has 3 aromatic rings. The molecule has 2 heterocycles. The van der Waals surface area contributed by atoms with Crippen molar-refractivity contribution in [2.45, 2.75) is 18.9 Å². The second kappa shape index (κ2) is 6.39. The van der Waals surface area contributed by atoms with E-state index in [2.05, 4.69) is 20.3 Å². The number of hydrogen-bond acceptors (Lipinski definition) is 4. The van der Waals surface area contributed by atoms with Crippen molar-refractivity contribution >= 4 is 0 Å². The van der Waals surface area contributed by atoms with Crippen LogP contribution >= 0.6 is 0 Å². The highest BCUT2D eigenvalue weighted by Gasteiger charge is 2.36. The summed E-state index contributed by atoms with van der Waals surface area (Å²) in [7, 11) is 0. The first kappa shape index (κ1) is 17.8. The van der Waals surface area contributed by atoms with E-state index in [1.54, 1.807) is 0 Å². The van der Waals surface area contributed by atoms with Gasteiger partial charge in [0.1, 0.15) is 11.4 Å². The minimum atomic E-state index is -4.91. The summed E-state index contributed by atoms with van der Waals surface area (Å²) < 4.78 is 78.8. The Balaban J connectivity index is 2.02. The molecule has 0 spiro atoms. The molecular formula is C15H9F6N5. The standard InChI is InChI=1S/C15H9F6N5/c16-14(17,18)10-3-9(4-11(5-10)15(19,20)21)8-26-13(7-24-25-26)12-6-22-1-2-23-12/h1-7H,8H2. The molecule has 0 unspecified atom stereocenters. The molecule has 0 amide bonds. The molecule has 1 aromatic carbocycles. The summed E-state index contributed by atoms with van der Waals surface area (Å²) in [6.45, 7) is -0.348. The fourth-order valence-corrected chi connectivity index (χ4v) is 2.29. The van der Waals surface area contributed by atoms with E-state index in [9.17, 15) is 26.3 Å². The molecule has 11 heteroatoms. The average Bonchev–Trinajstić information content (AvgIpc) is 3.02. The number of rotatable bonds is 3. The van der Waals surface area contributed by atoms with Crippen LogP contribution in [0.4, 0.5) is 26.3 Å². The van der Waals surface area contributed by atoms with Gasteiger partial charge in [0.15, 0.2) is 0 Å². The van der Waals surface area contributed by atoms with E-state index >= 15 is 0 Å². The van der Waals surface area contributed by atoms with Gasteiger partial charge in [0.25, 0.3) is 0 Å². The highest BCUT2D eigenvalue weighted by atomic mass is 19.4. The van der Waals surface area contributed by atoms with E-state index in [0.29, 0.717) is 23.5 Å². The van der Waals surface area contributed by atoms with Crippen LogP contribution in [0.25, 0.3) is 11.4 Å². The summed E-state index contributed by atoms with van der Waals surface area (Å²) in [5.74, 6) is 0. The van der Waals surface area contributed by atoms with Crippen molar-refractivity contribution in [1.82, 2.24) is 25.0 Å². The summed E-state index contributed by atoms with van der Waals surface area (Å²) in [4.78, 5) is 7.87. The molecule has 2 aromatic heterocycles. The fourth-order valence-electron chi connectivity index (χ4n) is 2.29. The Labute approximate surface area is 142 Å². The van der Waals surface area contributed by atoms with Gasteiger partial charge in [0.05, 0.1) is 30.1 Å². The highest BCUT2D eigenvalue weighted by molar-refractivity contribution is 5.51.